The van der Waals surface area contributed by atoms with Crippen LogP contribution in [0.5, 0.6) is 0 Å². The van der Waals surface area contributed by atoms with Crippen LogP contribution < -0.4 is 10.6 Å². The van der Waals surface area contributed by atoms with Gasteiger partial charge in [-0.25, -0.2) is 4.79 Å². The van der Waals surface area contributed by atoms with Gasteiger partial charge in [-0.1, -0.05) is 27.7 Å². The molecule has 4 rings (SSSR count). The lowest BCUT2D eigenvalue weighted by molar-refractivity contribution is -0.143. The van der Waals surface area contributed by atoms with Gasteiger partial charge >= 0.3 is 5.97 Å². The van der Waals surface area contributed by atoms with Crippen LogP contribution in [0.25, 0.3) is 0 Å². The van der Waals surface area contributed by atoms with Gasteiger partial charge in [-0.05, 0) is 62.7 Å². The van der Waals surface area contributed by atoms with Gasteiger partial charge in [0, 0.05) is 30.1 Å². The number of hydrogen-bond donors (Lipinski definition) is 2. The third-order valence-corrected chi connectivity index (χ3v) is 8.22. The molecule has 1 aromatic carbocycles. The first-order valence-corrected chi connectivity index (χ1v) is 12.6. The monoisotopic (exact) mass is 441 g/mol. The average molecular weight is 442 g/mol. The first kappa shape index (κ1) is 23.6. The summed E-state index contributed by atoms with van der Waals surface area (Å²) in [5.74, 6) is 3.08. The van der Waals surface area contributed by atoms with E-state index in [1.54, 1.807) is 0 Å². The normalized spacial score (nSPS) is 36.8. The molecule has 5 heteroatoms. The molecule has 5 nitrogen and oxygen atoms in total. The maximum atomic E-state index is 12.7. The molecule has 2 saturated carbocycles. The van der Waals surface area contributed by atoms with E-state index in [9.17, 15) is 4.79 Å². The molecular weight excluding hydrogens is 400 g/mol. The molecule has 1 aromatic rings. The number of carbonyl (C=O) groups is 1. The Morgan fingerprint density at radius 3 is 2.00 bits per heavy atom. The van der Waals surface area contributed by atoms with Gasteiger partial charge in [0.25, 0.3) is 0 Å². The molecule has 1 heterocycles. The summed E-state index contributed by atoms with van der Waals surface area (Å²) in [6.07, 6.45) is 4.67. The maximum Gasteiger partial charge on any atom is 0.396 e. The first-order chi connectivity index (χ1) is 15.5. The van der Waals surface area contributed by atoms with Crippen molar-refractivity contribution < 1.29 is 14.3 Å². The summed E-state index contributed by atoms with van der Waals surface area (Å²) < 4.78 is 12.1. The van der Waals surface area contributed by atoms with Crippen LogP contribution in [0.1, 0.15) is 69.3 Å². The fraction of sp³-hybridized carbons (Fsp3) is 0.704. The SMILES string of the molecule is CCNC1CC2OC3CC(NCC)C(C)CC3[C+](c3ccccc3C(=O)OC)C2CC1C. The predicted octanol–water partition coefficient (Wildman–Crippen LogP) is 4.21. The third kappa shape index (κ3) is 4.44. The van der Waals surface area contributed by atoms with Gasteiger partial charge in [0.05, 0.1) is 31.2 Å². The number of carbonyl (C=O) groups excluding carboxylic acids is 1. The van der Waals surface area contributed by atoms with Crippen LogP contribution in [0, 0.1) is 29.6 Å². The Hall–Kier alpha value is -1.56. The van der Waals surface area contributed by atoms with Crippen LogP contribution in [0.4, 0.5) is 0 Å². The first-order valence-electron chi connectivity index (χ1n) is 12.6. The molecule has 32 heavy (non-hydrogen) atoms. The molecule has 8 atom stereocenters. The third-order valence-electron chi connectivity index (χ3n) is 8.22. The molecule has 2 aliphatic carbocycles. The molecule has 3 fully saturated rings. The number of ether oxygens (including phenoxy) is 2. The summed E-state index contributed by atoms with van der Waals surface area (Å²) in [5.41, 5.74) is 1.79. The summed E-state index contributed by atoms with van der Waals surface area (Å²) in [4.78, 5) is 12.7. The van der Waals surface area contributed by atoms with E-state index < -0.39 is 0 Å². The molecule has 0 aromatic heterocycles. The number of methoxy groups -OCH3 is 1. The van der Waals surface area contributed by atoms with E-state index in [0.717, 1.165) is 44.3 Å². The second-order valence-corrected chi connectivity index (χ2v) is 10.1. The van der Waals surface area contributed by atoms with Crippen LogP contribution >= 0.6 is 0 Å². The maximum absolute atomic E-state index is 12.7. The zero-order chi connectivity index (χ0) is 22.8. The number of rotatable bonds is 6. The van der Waals surface area contributed by atoms with Gasteiger partial charge in [0.15, 0.2) is 5.56 Å². The molecule has 0 bridgehead atoms. The molecule has 3 aliphatic rings. The largest absolute Gasteiger partial charge is 0.455 e. The van der Waals surface area contributed by atoms with E-state index in [4.69, 9.17) is 9.47 Å². The lowest BCUT2D eigenvalue weighted by atomic mass is 9.58. The fourth-order valence-electron chi connectivity index (χ4n) is 6.70. The zero-order valence-corrected chi connectivity index (χ0v) is 20.4. The highest BCUT2D eigenvalue weighted by Gasteiger charge is 2.56. The second-order valence-electron chi connectivity index (χ2n) is 10.1. The van der Waals surface area contributed by atoms with Crippen LogP contribution in [0.15, 0.2) is 24.3 Å². The molecular formula is C27H41N2O3+. The Labute approximate surface area is 194 Å². The predicted molar refractivity (Wildman–Crippen MR) is 127 cm³/mol. The minimum absolute atomic E-state index is 0.202. The molecule has 176 valence electrons. The summed E-state index contributed by atoms with van der Waals surface area (Å²) >= 11 is 0. The van der Waals surface area contributed by atoms with E-state index in [0.29, 0.717) is 41.3 Å². The highest BCUT2D eigenvalue weighted by atomic mass is 16.5. The molecule has 8 unspecified atom stereocenters. The Morgan fingerprint density at radius 2 is 1.50 bits per heavy atom. The Kier molecular flexibility index (Phi) is 7.48. The van der Waals surface area contributed by atoms with Gasteiger partial charge in [-0.2, -0.15) is 0 Å². The van der Waals surface area contributed by atoms with E-state index in [1.807, 2.05) is 12.1 Å². The Morgan fingerprint density at radius 1 is 0.969 bits per heavy atom. The van der Waals surface area contributed by atoms with E-state index in [1.165, 1.54) is 13.0 Å². The number of nitrogens with one attached hydrogen (secondary N) is 2. The quantitative estimate of drug-likeness (QED) is 0.512. The van der Waals surface area contributed by atoms with Gasteiger partial charge in [0.1, 0.15) is 5.56 Å². The van der Waals surface area contributed by atoms with Gasteiger partial charge in [-0.3, -0.25) is 0 Å². The molecule has 2 N–H and O–H groups in total. The van der Waals surface area contributed by atoms with Gasteiger partial charge in [-0.15, -0.1) is 0 Å². The van der Waals surface area contributed by atoms with Crippen molar-refractivity contribution in [2.75, 3.05) is 20.2 Å². The minimum atomic E-state index is -0.239. The van der Waals surface area contributed by atoms with E-state index in [2.05, 4.69) is 50.5 Å². The number of hydrogen-bond acceptors (Lipinski definition) is 5. The van der Waals surface area contributed by atoms with Crippen molar-refractivity contribution in [2.45, 2.75) is 77.7 Å². The van der Waals surface area contributed by atoms with Crippen molar-refractivity contribution in [1.82, 2.24) is 10.6 Å². The van der Waals surface area contributed by atoms with Crippen molar-refractivity contribution in [3.8, 4) is 0 Å². The van der Waals surface area contributed by atoms with Crippen molar-refractivity contribution in [3.63, 3.8) is 0 Å². The summed E-state index contributed by atoms with van der Waals surface area (Å²) in [6, 6.07) is 9.05. The average Bonchev–Trinajstić information content (AvgIpc) is 2.79. The fourth-order valence-corrected chi connectivity index (χ4v) is 6.70. The highest BCUT2D eigenvalue weighted by Crippen LogP contribution is 2.53. The number of esters is 1. The van der Waals surface area contributed by atoms with Crippen LogP contribution in [-0.4, -0.2) is 50.5 Å². The second kappa shape index (κ2) is 10.1. The highest BCUT2D eigenvalue weighted by molar-refractivity contribution is 5.92. The van der Waals surface area contributed by atoms with Gasteiger partial charge in [0.2, 0.25) is 0 Å². The number of benzene rings is 1. The molecule has 0 spiro atoms. The Balaban J connectivity index is 1.72. The van der Waals surface area contributed by atoms with Crippen LogP contribution in [-0.2, 0) is 9.47 Å². The standard InChI is InChI=1S/C27H41N2O3/c1-6-28-22-14-24-20(12-16(22)3)26(18-10-8-9-11-19(18)27(30)31-5)21-13-17(4)23(29-7-2)15-25(21)32-24/h8-11,16-17,20-25,28-29H,6-7,12-15H2,1-5H3/q+1. The lowest BCUT2D eigenvalue weighted by Crippen LogP contribution is -2.58. The summed E-state index contributed by atoms with van der Waals surface area (Å²) in [5, 5.41) is 7.39. The van der Waals surface area contributed by atoms with Crippen LogP contribution in [0.2, 0.25) is 0 Å². The minimum Gasteiger partial charge on any atom is -0.455 e. The number of fused-ring (bicyclic) bond motifs is 2. The summed E-state index contributed by atoms with van der Waals surface area (Å²) in [6.45, 7) is 11.1. The van der Waals surface area contributed by atoms with Crippen LogP contribution in [0.3, 0.4) is 0 Å². The van der Waals surface area contributed by atoms with Crippen molar-refractivity contribution in [3.05, 3.63) is 41.3 Å². The lowest BCUT2D eigenvalue weighted by Gasteiger charge is -2.53. The van der Waals surface area contributed by atoms with E-state index >= 15 is 0 Å². The van der Waals surface area contributed by atoms with E-state index in [-0.39, 0.29) is 18.2 Å². The zero-order valence-electron chi connectivity index (χ0n) is 20.4. The summed E-state index contributed by atoms with van der Waals surface area (Å²) in [7, 11) is 1.48. The molecule has 1 aliphatic heterocycles. The van der Waals surface area contributed by atoms with Crippen molar-refractivity contribution >= 4 is 5.97 Å². The molecule has 0 amide bonds. The molecule has 0 radical (unpaired) electrons. The topological polar surface area (TPSA) is 59.6 Å². The van der Waals surface area contributed by atoms with Crippen molar-refractivity contribution in [1.29, 1.82) is 0 Å². The Bertz CT molecular complexity index is 750. The van der Waals surface area contributed by atoms with Gasteiger partial charge < -0.3 is 20.1 Å². The molecule has 1 saturated heterocycles. The smallest absolute Gasteiger partial charge is 0.396 e. The van der Waals surface area contributed by atoms with Crippen molar-refractivity contribution in [2.24, 2.45) is 23.7 Å².